The fourth-order valence-corrected chi connectivity index (χ4v) is 4.84. The molecular formula is C30H38N8O4. The lowest BCUT2D eigenvalue weighted by atomic mass is 10.1. The number of aromatic nitrogens is 4. The Labute approximate surface area is 246 Å². The third-order valence-corrected chi connectivity index (χ3v) is 7.02. The van der Waals surface area contributed by atoms with Gasteiger partial charge in [0, 0.05) is 63.5 Å². The highest BCUT2D eigenvalue weighted by atomic mass is 16.6. The third kappa shape index (κ3) is 7.49. The van der Waals surface area contributed by atoms with Gasteiger partial charge in [0.05, 0.1) is 24.4 Å². The van der Waals surface area contributed by atoms with Gasteiger partial charge in [-0.1, -0.05) is 12.1 Å². The lowest BCUT2D eigenvalue weighted by Crippen LogP contribution is -2.46. The smallest absolute Gasteiger partial charge is 0.410 e. The number of nitrogens with one attached hydrogen (secondary N) is 1. The van der Waals surface area contributed by atoms with Crippen molar-refractivity contribution in [2.75, 3.05) is 49.5 Å². The fraction of sp³-hybridized carbons (Fsp3) is 0.467. The molecule has 222 valence electrons. The van der Waals surface area contributed by atoms with Crippen LogP contribution in [0.3, 0.4) is 0 Å². The molecule has 5 rings (SSSR count). The molecule has 42 heavy (non-hydrogen) atoms. The molecule has 0 saturated carbocycles. The molecule has 1 fully saturated rings. The molecule has 4 heterocycles. The Morgan fingerprint density at radius 1 is 0.952 bits per heavy atom. The summed E-state index contributed by atoms with van der Waals surface area (Å²) in [4.78, 5) is 48.5. The quantitative estimate of drug-likeness (QED) is 0.414. The highest BCUT2D eigenvalue weighted by Crippen LogP contribution is 2.22. The van der Waals surface area contributed by atoms with Gasteiger partial charge in [0.1, 0.15) is 5.60 Å². The number of anilines is 3. The summed E-state index contributed by atoms with van der Waals surface area (Å²) in [6, 6.07) is 8.27. The maximum Gasteiger partial charge on any atom is 0.410 e. The van der Waals surface area contributed by atoms with Crippen LogP contribution in [0.25, 0.3) is 0 Å². The van der Waals surface area contributed by atoms with Gasteiger partial charge in [0.2, 0.25) is 11.9 Å². The molecule has 0 aliphatic carbocycles. The molecule has 0 spiro atoms. The van der Waals surface area contributed by atoms with E-state index in [1.807, 2.05) is 39.1 Å². The zero-order chi connectivity index (χ0) is 29.7. The molecule has 1 N–H and O–H groups in total. The molecule has 0 bridgehead atoms. The minimum atomic E-state index is -0.536. The average Bonchev–Trinajstić information content (AvgIpc) is 2.97. The molecule has 0 atom stereocenters. The van der Waals surface area contributed by atoms with Gasteiger partial charge in [-0.2, -0.15) is 0 Å². The van der Waals surface area contributed by atoms with Crippen molar-refractivity contribution in [1.82, 2.24) is 29.7 Å². The summed E-state index contributed by atoms with van der Waals surface area (Å²) in [6.45, 7) is 12.9. The van der Waals surface area contributed by atoms with Gasteiger partial charge >= 0.3 is 12.1 Å². The molecule has 2 aromatic heterocycles. The van der Waals surface area contributed by atoms with Crippen LogP contribution in [0.2, 0.25) is 0 Å². The SMILES string of the molecule is CCOC(=O)c1cnc(N2CCN(Cc3ccc(Nc4ncc5c(n4)CN(C(=O)OC(C)(C)C)CC5)cc3)CC2)nc1. The molecule has 12 nitrogen and oxygen atoms in total. The van der Waals surface area contributed by atoms with Gasteiger partial charge in [-0.15, -0.1) is 0 Å². The van der Waals surface area contributed by atoms with E-state index in [2.05, 4.69) is 47.2 Å². The lowest BCUT2D eigenvalue weighted by Gasteiger charge is -2.34. The van der Waals surface area contributed by atoms with E-state index >= 15 is 0 Å². The molecule has 1 saturated heterocycles. The van der Waals surface area contributed by atoms with Crippen molar-refractivity contribution < 1.29 is 19.1 Å². The van der Waals surface area contributed by atoms with E-state index in [9.17, 15) is 9.59 Å². The summed E-state index contributed by atoms with van der Waals surface area (Å²) in [5.41, 5.74) is 3.82. The van der Waals surface area contributed by atoms with Crippen LogP contribution >= 0.6 is 0 Å². The highest BCUT2D eigenvalue weighted by molar-refractivity contribution is 5.88. The number of carbonyl (C=O) groups excluding carboxylic acids is 2. The average molecular weight is 575 g/mol. The van der Waals surface area contributed by atoms with Crippen molar-refractivity contribution in [2.45, 2.75) is 52.8 Å². The van der Waals surface area contributed by atoms with Gasteiger partial charge in [0.15, 0.2) is 0 Å². The second-order valence-corrected chi connectivity index (χ2v) is 11.4. The van der Waals surface area contributed by atoms with Crippen LogP contribution in [0.4, 0.5) is 22.4 Å². The zero-order valence-corrected chi connectivity index (χ0v) is 24.7. The Morgan fingerprint density at radius 2 is 1.67 bits per heavy atom. The van der Waals surface area contributed by atoms with E-state index in [-0.39, 0.29) is 6.09 Å². The first kappa shape index (κ1) is 29.2. The van der Waals surface area contributed by atoms with Crippen molar-refractivity contribution in [1.29, 1.82) is 0 Å². The van der Waals surface area contributed by atoms with Crippen molar-refractivity contribution >= 4 is 29.6 Å². The van der Waals surface area contributed by atoms with Crippen LogP contribution in [-0.4, -0.2) is 86.7 Å². The summed E-state index contributed by atoms with van der Waals surface area (Å²) >= 11 is 0. The van der Waals surface area contributed by atoms with Gasteiger partial charge in [-0.3, -0.25) is 4.90 Å². The van der Waals surface area contributed by atoms with Gasteiger partial charge in [-0.05, 0) is 57.4 Å². The van der Waals surface area contributed by atoms with E-state index in [0.29, 0.717) is 43.6 Å². The van der Waals surface area contributed by atoms with E-state index in [1.54, 1.807) is 11.8 Å². The number of piperazine rings is 1. The normalized spacial score (nSPS) is 15.6. The van der Waals surface area contributed by atoms with E-state index < -0.39 is 11.6 Å². The van der Waals surface area contributed by atoms with Crippen molar-refractivity contribution in [3.63, 3.8) is 0 Å². The number of ether oxygens (including phenoxy) is 2. The van der Waals surface area contributed by atoms with Crippen molar-refractivity contribution in [3.8, 4) is 0 Å². The molecule has 12 heteroatoms. The van der Waals surface area contributed by atoms with E-state index in [0.717, 1.165) is 49.7 Å². The van der Waals surface area contributed by atoms with Crippen LogP contribution in [0, 0.1) is 0 Å². The summed E-state index contributed by atoms with van der Waals surface area (Å²) in [7, 11) is 0. The largest absolute Gasteiger partial charge is 0.462 e. The standard InChI is InChI=1S/C30H38N8O4/c1-5-41-26(39)23-17-32-28(33-18-23)37-14-12-36(13-15-37)19-21-6-8-24(9-7-21)34-27-31-16-22-10-11-38(20-25(22)35-27)29(40)42-30(2,3)4/h6-9,16-18H,5,10-15,19-20H2,1-4H3,(H,31,34,35). The van der Waals surface area contributed by atoms with Gasteiger partial charge in [-0.25, -0.2) is 29.5 Å². The predicted octanol–water partition coefficient (Wildman–Crippen LogP) is 3.80. The molecule has 0 unspecified atom stereocenters. The maximum atomic E-state index is 12.5. The van der Waals surface area contributed by atoms with Crippen LogP contribution in [0.15, 0.2) is 42.9 Å². The van der Waals surface area contributed by atoms with Crippen LogP contribution < -0.4 is 10.2 Å². The van der Waals surface area contributed by atoms with Crippen molar-refractivity contribution in [2.24, 2.45) is 0 Å². The Kier molecular flexibility index (Phi) is 8.81. The maximum absolute atomic E-state index is 12.5. The summed E-state index contributed by atoms with van der Waals surface area (Å²) < 4.78 is 10.5. The topological polar surface area (TPSA) is 126 Å². The number of esters is 1. The lowest BCUT2D eigenvalue weighted by molar-refractivity contribution is 0.0220. The first-order valence-electron chi connectivity index (χ1n) is 14.3. The van der Waals surface area contributed by atoms with E-state index in [4.69, 9.17) is 9.47 Å². The fourth-order valence-electron chi connectivity index (χ4n) is 4.84. The molecule has 2 aliphatic heterocycles. The monoisotopic (exact) mass is 574 g/mol. The minimum absolute atomic E-state index is 0.322. The number of hydrogen-bond donors (Lipinski definition) is 1. The van der Waals surface area contributed by atoms with E-state index in [1.165, 1.54) is 18.0 Å². The number of fused-ring (bicyclic) bond motifs is 1. The second kappa shape index (κ2) is 12.7. The van der Waals surface area contributed by atoms with Gasteiger partial charge < -0.3 is 24.6 Å². The summed E-state index contributed by atoms with van der Waals surface area (Å²) in [5.74, 6) is 0.721. The Hall–Kier alpha value is -4.32. The molecule has 0 radical (unpaired) electrons. The Morgan fingerprint density at radius 3 is 2.33 bits per heavy atom. The second-order valence-electron chi connectivity index (χ2n) is 11.4. The number of nitrogens with zero attached hydrogens (tertiary/aromatic N) is 7. The molecule has 1 aromatic carbocycles. The van der Waals surface area contributed by atoms with Crippen LogP contribution in [0.5, 0.6) is 0 Å². The Bertz CT molecular complexity index is 1380. The number of benzene rings is 1. The zero-order valence-electron chi connectivity index (χ0n) is 24.7. The highest BCUT2D eigenvalue weighted by Gasteiger charge is 2.27. The minimum Gasteiger partial charge on any atom is -0.462 e. The molecule has 1 amide bonds. The number of amides is 1. The molecule has 2 aliphatic rings. The first-order valence-corrected chi connectivity index (χ1v) is 14.3. The van der Waals surface area contributed by atoms with Gasteiger partial charge in [0.25, 0.3) is 0 Å². The van der Waals surface area contributed by atoms with Crippen LogP contribution in [-0.2, 0) is 29.0 Å². The summed E-state index contributed by atoms with van der Waals surface area (Å²) in [5, 5.41) is 3.29. The molecular weight excluding hydrogens is 536 g/mol. The van der Waals surface area contributed by atoms with Crippen molar-refractivity contribution in [3.05, 3.63) is 65.2 Å². The first-order chi connectivity index (χ1) is 20.2. The summed E-state index contributed by atoms with van der Waals surface area (Å²) in [6.07, 6.45) is 5.26. The number of hydrogen-bond acceptors (Lipinski definition) is 11. The number of carbonyl (C=O) groups is 2. The Balaban J connectivity index is 1.11. The molecule has 3 aromatic rings. The van der Waals surface area contributed by atoms with Crippen LogP contribution in [0.1, 0.15) is 54.9 Å². The number of rotatable bonds is 7. The third-order valence-electron chi connectivity index (χ3n) is 7.02. The predicted molar refractivity (Wildman–Crippen MR) is 158 cm³/mol.